The molecule has 0 saturated carbocycles. The van der Waals surface area contributed by atoms with Crippen molar-refractivity contribution < 1.29 is 14.3 Å². The van der Waals surface area contributed by atoms with Gasteiger partial charge in [0, 0.05) is 19.4 Å². The molecule has 2 atom stereocenters. The first-order valence-corrected chi connectivity index (χ1v) is 7.04. The van der Waals surface area contributed by atoms with E-state index in [2.05, 4.69) is 23.8 Å². The standard InChI is InChI=1S/C16H21NO3/c1-12-11-17(14(18)9-6-10-15(19)20-2)16(12)13-7-4-3-5-8-13/h3-5,7-8,12,16H,6,9-11H2,1-2H3. The number of carbonyl (C=O) groups excluding carboxylic acids is 2. The number of amides is 1. The fourth-order valence-electron chi connectivity index (χ4n) is 2.74. The van der Waals surface area contributed by atoms with E-state index >= 15 is 0 Å². The van der Waals surface area contributed by atoms with E-state index in [0.29, 0.717) is 25.2 Å². The lowest BCUT2D eigenvalue weighted by Crippen LogP contribution is -2.51. The monoisotopic (exact) mass is 275 g/mol. The van der Waals surface area contributed by atoms with Gasteiger partial charge in [0.1, 0.15) is 0 Å². The third-order valence-electron chi connectivity index (χ3n) is 3.82. The SMILES string of the molecule is COC(=O)CCCC(=O)N1CC(C)C1c1ccccc1. The Bertz CT molecular complexity index is 472. The van der Waals surface area contributed by atoms with Crippen LogP contribution in [0.2, 0.25) is 0 Å². The highest BCUT2D eigenvalue weighted by Crippen LogP contribution is 2.38. The Morgan fingerprint density at radius 2 is 1.95 bits per heavy atom. The van der Waals surface area contributed by atoms with Crippen LogP contribution in [-0.2, 0) is 14.3 Å². The molecule has 1 aromatic rings. The Kier molecular flexibility index (Phi) is 4.77. The lowest BCUT2D eigenvalue weighted by Gasteiger charge is -2.47. The number of hydrogen-bond donors (Lipinski definition) is 0. The van der Waals surface area contributed by atoms with E-state index in [1.807, 2.05) is 23.1 Å². The number of rotatable bonds is 5. The second-order valence-corrected chi connectivity index (χ2v) is 5.31. The van der Waals surface area contributed by atoms with Gasteiger partial charge < -0.3 is 9.64 Å². The molecule has 1 aliphatic rings. The van der Waals surface area contributed by atoms with Gasteiger partial charge in [-0.2, -0.15) is 0 Å². The van der Waals surface area contributed by atoms with Crippen molar-refractivity contribution >= 4 is 11.9 Å². The highest BCUT2D eigenvalue weighted by molar-refractivity contribution is 5.78. The molecule has 0 aromatic heterocycles. The van der Waals surface area contributed by atoms with Crippen LogP contribution in [0.25, 0.3) is 0 Å². The molecular formula is C16H21NO3. The number of nitrogens with zero attached hydrogens (tertiary/aromatic N) is 1. The number of benzene rings is 1. The second-order valence-electron chi connectivity index (χ2n) is 5.31. The van der Waals surface area contributed by atoms with E-state index in [4.69, 9.17) is 0 Å². The van der Waals surface area contributed by atoms with E-state index in [9.17, 15) is 9.59 Å². The molecular weight excluding hydrogens is 254 g/mol. The van der Waals surface area contributed by atoms with Crippen molar-refractivity contribution in [2.24, 2.45) is 5.92 Å². The molecule has 108 valence electrons. The van der Waals surface area contributed by atoms with Crippen molar-refractivity contribution in [2.45, 2.75) is 32.2 Å². The topological polar surface area (TPSA) is 46.6 Å². The minimum atomic E-state index is -0.255. The molecule has 1 saturated heterocycles. The molecule has 1 aliphatic heterocycles. The van der Waals surface area contributed by atoms with Crippen molar-refractivity contribution in [1.29, 1.82) is 0 Å². The van der Waals surface area contributed by atoms with Gasteiger partial charge in [0.05, 0.1) is 13.2 Å². The zero-order valence-electron chi connectivity index (χ0n) is 12.0. The number of ether oxygens (including phenoxy) is 1. The third-order valence-corrected chi connectivity index (χ3v) is 3.82. The van der Waals surface area contributed by atoms with Crippen LogP contribution >= 0.6 is 0 Å². The van der Waals surface area contributed by atoms with Crippen molar-refractivity contribution in [1.82, 2.24) is 4.90 Å². The molecule has 1 amide bonds. The van der Waals surface area contributed by atoms with Gasteiger partial charge in [0.25, 0.3) is 0 Å². The predicted octanol–water partition coefficient (Wildman–Crippen LogP) is 2.55. The van der Waals surface area contributed by atoms with Crippen molar-refractivity contribution in [3.05, 3.63) is 35.9 Å². The normalized spacial score (nSPS) is 21.2. The lowest BCUT2D eigenvalue weighted by atomic mass is 9.84. The van der Waals surface area contributed by atoms with Gasteiger partial charge in [0.2, 0.25) is 5.91 Å². The van der Waals surface area contributed by atoms with Crippen molar-refractivity contribution in [3.8, 4) is 0 Å². The molecule has 0 radical (unpaired) electrons. The summed E-state index contributed by atoms with van der Waals surface area (Å²) >= 11 is 0. The minimum absolute atomic E-state index is 0.126. The molecule has 0 aliphatic carbocycles. The predicted molar refractivity (Wildman–Crippen MR) is 75.9 cm³/mol. The Morgan fingerprint density at radius 1 is 1.25 bits per heavy atom. The van der Waals surface area contributed by atoms with Gasteiger partial charge in [-0.3, -0.25) is 9.59 Å². The van der Waals surface area contributed by atoms with Gasteiger partial charge in [-0.25, -0.2) is 0 Å². The lowest BCUT2D eigenvalue weighted by molar-refractivity contribution is -0.144. The van der Waals surface area contributed by atoms with Crippen LogP contribution in [0.4, 0.5) is 0 Å². The summed E-state index contributed by atoms with van der Waals surface area (Å²) in [7, 11) is 1.37. The maximum atomic E-state index is 12.2. The molecule has 2 rings (SSSR count). The summed E-state index contributed by atoms with van der Waals surface area (Å²) in [5.74, 6) is 0.359. The highest BCUT2D eigenvalue weighted by Gasteiger charge is 2.39. The Hall–Kier alpha value is -1.84. The number of methoxy groups -OCH3 is 1. The van der Waals surface area contributed by atoms with E-state index in [0.717, 1.165) is 6.54 Å². The molecule has 4 heteroatoms. The fraction of sp³-hybridized carbons (Fsp3) is 0.500. The first-order chi connectivity index (χ1) is 9.63. The first-order valence-electron chi connectivity index (χ1n) is 7.04. The van der Waals surface area contributed by atoms with Crippen LogP contribution in [0.1, 0.15) is 37.8 Å². The number of esters is 1. The summed E-state index contributed by atoms with van der Waals surface area (Å²) in [6.45, 7) is 2.96. The third kappa shape index (κ3) is 3.18. The Morgan fingerprint density at radius 3 is 2.55 bits per heavy atom. The van der Waals surface area contributed by atoms with Crippen molar-refractivity contribution in [3.63, 3.8) is 0 Å². The zero-order chi connectivity index (χ0) is 14.5. The summed E-state index contributed by atoms with van der Waals surface area (Å²) in [5.41, 5.74) is 1.19. The van der Waals surface area contributed by atoms with Crippen LogP contribution in [0.3, 0.4) is 0 Å². The molecule has 0 bridgehead atoms. The summed E-state index contributed by atoms with van der Waals surface area (Å²) in [4.78, 5) is 25.1. The van der Waals surface area contributed by atoms with Gasteiger partial charge in [-0.15, -0.1) is 0 Å². The van der Waals surface area contributed by atoms with Gasteiger partial charge >= 0.3 is 5.97 Å². The van der Waals surface area contributed by atoms with Crippen LogP contribution < -0.4 is 0 Å². The zero-order valence-corrected chi connectivity index (χ0v) is 12.0. The maximum Gasteiger partial charge on any atom is 0.305 e. The maximum absolute atomic E-state index is 12.2. The van der Waals surface area contributed by atoms with Crippen LogP contribution in [0.5, 0.6) is 0 Å². The summed E-state index contributed by atoms with van der Waals surface area (Å²) in [6.07, 6.45) is 1.27. The largest absolute Gasteiger partial charge is 0.469 e. The van der Waals surface area contributed by atoms with E-state index in [-0.39, 0.29) is 17.9 Å². The Labute approximate surface area is 119 Å². The molecule has 4 nitrogen and oxygen atoms in total. The summed E-state index contributed by atoms with van der Waals surface area (Å²) in [6, 6.07) is 10.3. The second kappa shape index (κ2) is 6.55. The quantitative estimate of drug-likeness (QED) is 0.776. The van der Waals surface area contributed by atoms with Crippen molar-refractivity contribution in [2.75, 3.05) is 13.7 Å². The smallest absolute Gasteiger partial charge is 0.305 e. The minimum Gasteiger partial charge on any atom is -0.469 e. The molecule has 1 aromatic carbocycles. The average Bonchev–Trinajstić information content (AvgIpc) is 2.45. The summed E-state index contributed by atoms with van der Waals surface area (Å²) < 4.78 is 4.58. The molecule has 2 unspecified atom stereocenters. The molecule has 20 heavy (non-hydrogen) atoms. The molecule has 1 fully saturated rings. The molecule has 0 N–H and O–H groups in total. The Balaban J connectivity index is 1.89. The molecule has 1 heterocycles. The highest BCUT2D eigenvalue weighted by atomic mass is 16.5. The average molecular weight is 275 g/mol. The number of hydrogen-bond acceptors (Lipinski definition) is 3. The number of likely N-dealkylation sites (tertiary alicyclic amines) is 1. The van der Waals surface area contributed by atoms with E-state index in [1.54, 1.807) is 0 Å². The van der Waals surface area contributed by atoms with Gasteiger partial charge in [-0.1, -0.05) is 37.3 Å². The van der Waals surface area contributed by atoms with Gasteiger partial charge in [0.15, 0.2) is 0 Å². The van der Waals surface area contributed by atoms with Gasteiger partial charge in [-0.05, 0) is 17.9 Å². The first kappa shape index (κ1) is 14.6. The van der Waals surface area contributed by atoms with E-state index < -0.39 is 0 Å². The van der Waals surface area contributed by atoms with Crippen LogP contribution in [-0.4, -0.2) is 30.4 Å². The fourth-order valence-corrected chi connectivity index (χ4v) is 2.74. The number of carbonyl (C=O) groups is 2. The van der Waals surface area contributed by atoms with E-state index in [1.165, 1.54) is 12.7 Å². The van der Waals surface area contributed by atoms with Crippen LogP contribution in [0.15, 0.2) is 30.3 Å². The summed E-state index contributed by atoms with van der Waals surface area (Å²) in [5, 5.41) is 0. The van der Waals surface area contributed by atoms with Crippen LogP contribution in [0, 0.1) is 5.92 Å². The molecule has 0 spiro atoms.